The summed E-state index contributed by atoms with van der Waals surface area (Å²) < 4.78 is 54.9. The summed E-state index contributed by atoms with van der Waals surface area (Å²) in [5, 5.41) is 0. The van der Waals surface area contributed by atoms with Crippen LogP contribution >= 0.6 is 0 Å². The van der Waals surface area contributed by atoms with Gasteiger partial charge in [-0.1, -0.05) is 54.6 Å². The normalized spacial score (nSPS) is 11.6. The largest absolute Gasteiger partial charge is 0.537 e. The van der Waals surface area contributed by atoms with Gasteiger partial charge in [0, 0.05) is 0 Å². The van der Waals surface area contributed by atoms with Crippen LogP contribution in [-0.2, 0) is 25.2 Å². The first-order valence-corrected chi connectivity index (χ1v) is 11.1. The van der Waals surface area contributed by atoms with Crippen molar-refractivity contribution in [2.45, 2.75) is 21.0 Å². The molecule has 0 saturated carbocycles. The first kappa shape index (κ1) is 22.0. The zero-order chi connectivity index (χ0) is 20.6. The summed E-state index contributed by atoms with van der Waals surface area (Å²) in [6.45, 7) is 0. The molecule has 0 fully saturated rings. The number of halogens is 3. The van der Waals surface area contributed by atoms with Gasteiger partial charge < -0.3 is 0 Å². The summed E-state index contributed by atoms with van der Waals surface area (Å²) >= 11 is 0. The Balaban J connectivity index is 0.000000266. The number of rotatable bonds is 4. The fraction of sp³-hybridized carbons (Fsp3) is 0.100. The summed E-state index contributed by atoms with van der Waals surface area (Å²) in [5.41, 5.74) is 0. The average Bonchev–Trinajstić information content (AvgIpc) is 2.62. The Kier molecular flexibility index (Phi) is 7.68. The highest BCUT2D eigenvalue weighted by Crippen LogP contribution is 2.30. The third kappa shape index (κ3) is 7.75. The van der Waals surface area contributed by atoms with Crippen LogP contribution < -0.4 is 0 Å². The molecule has 0 spiro atoms. The summed E-state index contributed by atoms with van der Waals surface area (Å²) in [6, 6.07) is 32.2. The molecule has 3 nitrogen and oxygen atoms in total. The molecule has 0 aliphatic rings. The van der Waals surface area contributed by atoms with E-state index in [2.05, 4.69) is 95.2 Å². The van der Waals surface area contributed by atoms with Crippen LogP contribution in [0.1, 0.15) is 0 Å². The molecule has 3 rings (SSSR count). The van der Waals surface area contributed by atoms with Crippen LogP contribution in [0.2, 0.25) is 0 Å². The first-order chi connectivity index (χ1) is 13.2. The van der Waals surface area contributed by atoms with Crippen molar-refractivity contribution < 1.29 is 25.8 Å². The molecule has 0 amide bonds. The Morgan fingerprint density at radius 1 is 0.679 bits per heavy atom. The van der Waals surface area contributed by atoms with Crippen molar-refractivity contribution in [3.8, 4) is 0 Å². The van der Waals surface area contributed by atoms with Crippen molar-refractivity contribution in [3.63, 3.8) is 0 Å². The quantitative estimate of drug-likeness (QED) is 0.421. The fourth-order valence-corrected chi connectivity index (χ4v) is 4.70. The van der Waals surface area contributed by atoms with E-state index in [9.17, 15) is 21.6 Å². The maximum absolute atomic E-state index is 11.0. The van der Waals surface area contributed by atoms with Crippen LogP contribution in [0, 0.1) is 0 Å². The molecule has 0 radical (unpaired) electrons. The Bertz CT molecular complexity index is 852. The molecule has 3 aromatic carbocycles. The highest BCUT2D eigenvalue weighted by molar-refractivity contribution is 7.97. The molecule has 0 bridgehead atoms. The predicted molar refractivity (Wildman–Crippen MR) is 103 cm³/mol. The minimum Gasteiger partial charge on any atom is -0.199 e. The van der Waals surface area contributed by atoms with E-state index in [0.717, 1.165) is 0 Å². The van der Waals surface area contributed by atoms with Crippen molar-refractivity contribution in [2.24, 2.45) is 0 Å². The zero-order valence-electron chi connectivity index (χ0n) is 14.8. The summed E-state index contributed by atoms with van der Waals surface area (Å²) in [6.07, 6.45) is -4.78. The highest BCUT2D eigenvalue weighted by Gasteiger charge is 2.34. The molecule has 0 unspecified atom stereocenters. The van der Waals surface area contributed by atoms with Crippen LogP contribution in [0.5, 0.6) is 0 Å². The summed E-state index contributed by atoms with van der Waals surface area (Å²) in [7, 11) is -4.42. The molecular weight excluding hydrogens is 409 g/mol. The van der Waals surface area contributed by atoms with E-state index >= 15 is 0 Å². The minimum atomic E-state index is -5.10. The molecule has 28 heavy (non-hydrogen) atoms. The van der Waals surface area contributed by atoms with Crippen LogP contribution in [0.15, 0.2) is 106 Å². The van der Waals surface area contributed by atoms with Gasteiger partial charge in [0.1, 0.15) is 0 Å². The molecule has 3 aromatic rings. The maximum atomic E-state index is 11.0. The Morgan fingerprint density at radius 3 is 1.14 bits per heavy atom. The van der Waals surface area contributed by atoms with Gasteiger partial charge in [0.2, 0.25) is 0 Å². The minimum absolute atomic E-state index is 0.0146. The highest BCUT2D eigenvalue weighted by atomic mass is 32.2. The molecular formula is C20H18F3O3S2+. The number of hydrogen-bond donors (Lipinski definition) is 0. The Labute approximate surface area is 165 Å². The Morgan fingerprint density at radius 2 is 0.964 bits per heavy atom. The summed E-state index contributed by atoms with van der Waals surface area (Å²) in [4.78, 5) is 4.08. The van der Waals surface area contributed by atoms with E-state index < -0.39 is 16.5 Å². The zero-order valence-corrected chi connectivity index (χ0v) is 16.5. The van der Waals surface area contributed by atoms with E-state index in [1.54, 1.807) is 0 Å². The van der Waals surface area contributed by atoms with Gasteiger partial charge in [-0.2, -0.15) is 12.6 Å². The molecule has 0 aromatic heterocycles. The van der Waals surface area contributed by atoms with Crippen LogP contribution in [0.25, 0.3) is 0 Å². The third-order valence-corrected chi connectivity index (χ3v) is 5.91. The van der Waals surface area contributed by atoms with Gasteiger partial charge >= 0.3 is 6.36 Å². The standard InChI is InChI=1S/C18H15S.C2H3F3O3S/c1-4-10-16(11-5-1)19(17-12-6-2-7-13-17)18-14-8-3-9-15-18;1-9(6,7)8-2(3,4)5/h1-15H;1H3/q+1;. The lowest BCUT2D eigenvalue weighted by molar-refractivity contribution is -0.271. The van der Waals surface area contributed by atoms with Crippen molar-refractivity contribution in [1.29, 1.82) is 0 Å². The SMILES string of the molecule is CS(=O)(=O)OC(F)(F)F.c1ccc([S+](c2ccccc2)c2ccccc2)cc1. The van der Waals surface area contributed by atoms with Gasteiger partial charge in [-0.05, 0) is 36.4 Å². The van der Waals surface area contributed by atoms with Gasteiger partial charge in [-0.25, -0.2) is 0 Å². The second kappa shape index (κ2) is 9.77. The van der Waals surface area contributed by atoms with Crippen molar-refractivity contribution in [2.75, 3.05) is 6.26 Å². The van der Waals surface area contributed by atoms with Crippen molar-refractivity contribution in [1.82, 2.24) is 0 Å². The van der Waals surface area contributed by atoms with Gasteiger partial charge in [0.15, 0.2) is 14.7 Å². The molecule has 0 N–H and O–H groups in total. The molecule has 148 valence electrons. The fourth-order valence-electron chi connectivity index (χ4n) is 2.25. The molecule has 0 aliphatic carbocycles. The first-order valence-electron chi connectivity index (χ1n) is 8.02. The smallest absolute Gasteiger partial charge is 0.199 e. The van der Waals surface area contributed by atoms with Gasteiger partial charge in [0.05, 0.1) is 17.2 Å². The predicted octanol–water partition coefficient (Wildman–Crippen LogP) is 5.26. The van der Waals surface area contributed by atoms with Crippen LogP contribution in [0.3, 0.4) is 0 Å². The number of alkyl halides is 3. The lowest BCUT2D eigenvalue weighted by atomic mass is 10.4. The lowest BCUT2D eigenvalue weighted by Gasteiger charge is -2.07. The second-order valence-corrected chi connectivity index (χ2v) is 9.08. The maximum Gasteiger partial charge on any atom is 0.537 e. The molecule has 0 aliphatic heterocycles. The molecule has 0 saturated heterocycles. The van der Waals surface area contributed by atoms with E-state index in [4.69, 9.17) is 0 Å². The average molecular weight is 427 g/mol. The third-order valence-electron chi connectivity index (χ3n) is 3.18. The van der Waals surface area contributed by atoms with E-state index in [0.29, 0.717) is 6.26 Å². The molecule has 0 heterocycles. The number of benzene rings is 3. The van der Waals surface area contributed by atoms with Crippen LogP contribution in [-0.4, -0.2) is 21.0 Å². The van der Waals surface area contributed by atoms with Gasteiger partial charge in [-0.15, -0.1) is 13.2 Å². The second-order valence-electron chi connectivity index (χ2n) is 5.48. The van der Waals surface area contributed by atoms with Crippen LogP contribution in [0.4, 0.5) is 13.2 Å². The topological polar surface area (TPSA) is 43.4 Å². The monoisotopic (exact) mass is 427 g/mol. The lowest BCUT2D eigenvalue weighted by Crippen LogP contribution is -2.18. The summed E-state index contributed by atoms with van der Waals surface area (Å²) in [5.74, 6) is 0. The van der Waals surface area contributed by atoms with E-state index in [-0.39, 0.29) is 10.9 Å². The van der Waals surface area contributed by atoms with E-state index in [1.807, 2.05) is 0 Å². The van der Waals surface area contributed by atoms with Gasteiger partial charge in [0.25, 0.3) is 10.1 Å². The molecule has 8 heteroatoms. The van der Waals surface area contributed by atoms with Crippen molar-refractivity contribution in [3.05, 3.63) is 91.0 Å². The molecule has 0 atom stereocenters. The van der Waals surface area contributed by atoms with Gasteiger partial charge in [-0.3, -0.25) is 0 Å². The number of hydrogen-bond acceptors (Lipinski definition) is 3. The Hall–Kier alpha value is -2.29. The van der Waals surface area contributed by atoms with Crippen molar-refractivity contribution >= 4 is 21.0 Å². The van der Waals surface area contributed by atoms with E-state index in [1.165, 1.54) is 14.7 Å².